The second-order valence-electron chi connectivity index (χ2n) is 15.7. The quantitative estimate of drug-likeness (QED) is 0.0778. The molecule has 3 aliphatic heterocycles. The van der Waals surface area contributed by atoms with Gasteiger partial charge in [0, 0.05) is 24.4 Å². The molecule has 3 aromatic rings. The fourth-order valence-electron chi connectivity index (χ4n) is 7.80. The molecular weight excluding hydrogens is 785 g/mol. The molecule has 0 saturated carbocycles. The highest BCUT2D eigenvalue weighted by Crippen LogP contribution is 2.49. The number of carbonyl (C=O) groups excluding carboxylic acids is 2. The third-order valence-corrected chi connectivity index (χ3v) is 12.8. The van der Waals surface area contributed by atoms with Gasteiger partial charge in [-0.3, -0.25) is 19.9 Å². The zero-order valence-corrected chi connectivity index (χ0v) is 36.5. The summed E-state index contributed by atoms with van der Waals surface area (Å²) in [5.41, 5.74) is 1.42. The average molecular weight is 844 g/mol. The van der Waals surface area contributed by atoms with E-state index in [-0.39, 0.29) is 49.5 Å². The maximum Gasteiger partial charge on any atom is 0.259 e. The van der Waals surface area contributed by atoms with Crippen LogP contribution in [0.2, 0.25) is 0 Å². The summed E-state index contributed by atoms with van der Waals surface area (Å²) < 4.78 is 41.0. The molecule has 3 aromatic carbocycles. The van der Waals surface area contributed by atoms with Crippen LogP contribution in [-0.4, -0.2) is 104 Å². The van der Waals surface area contributed by atoms with Crippen molar-refractivity contribution >= 4 is 26.7 Å². The van der Waals surface area contributed by atoms with Gasteiger partial charge in [0.05, 0.1) is 52.4 Å². The second kappa shape index (κ2) is 20.3. The third kappa shape index (κ3) is 9.93. The summed E-state index contributed by atoms with van der Waals surface area (Å²) in [6.07, 6.45) is -1.11. The predicted octanol–water partition coefficient (Wildman–Crippen LogP) is 5.60. The number of fused-ring (bicyclic) bond motifs is 1. The maximum atomic E-state index is 13.4. The van der Waals surface area contributed by atoms with E-state index in [1.54, 1.807) is 34.4 Å². The van der Waals surface area contributed by atoms with Crippen LogP contribution >= 0.6 is 8.53 Å². The molecule has 4 unspecified atom stereocenters. The van der Waals surface area contributed by atoms with Gasteiger partial charge in [0.1, 0.15) is 35.6 Å². The summed E-state index contributed by atoms with van der Waals surface area (Å²) in [4.78, 5) is 32.5. The molecule has 322 valence electrons. The van der Waals surface area contributed by atoms with Gasteiger partial charge in [-0.15, -0.1) is 0 Å². The number of carbonyl (C=O) groups is 2. The number of nitrogens with one attached hydrogen (secondary N) is 3. The zero-order chi connectivity index (χ0) is 43.0. The molecule has 0 aliphatic carbocycles. The summed E-state index contributed by atoms with van der Waals surface area (Å²) in [6, 6.07) is 27.3. The van der Waals surface area contributed by atoms with Crippen molar-refractivity contribution in [3.63, 3.8) is 0 Å². The number of hydrogen-bond acceptors (Lipinski definition) is 13. The molecule has 3 heterocycles. The average Bonchev–Trinajstić information content (AvgIpc) is 3.86. The van der Waals surface area contributed by atoms with Crippen LogP contribution in [-0.2, 0) is 33.7 Å². The Morgan fingerprint density at radius 1 is 0.950 bits per heavy atom. The first-order chi connectivity index (χ1) is 28.9. The fourth-order valence-corrected chi connectivity index (χ4v) is 9.42. The number of aliphatic imine (C=N–C) groups is 1. The van der Waals surface area contributed by atoms with E-state index < -0.39 is 51.1 Å². The Hall–Kier alpha value is -4.65. The molecule has 7 atom stereocenters. The Labute approximate surface area is 354 Å². The van der Waals surface area contributed by atoms with Crippen LogP contribution in [0.1, 0.15) is 71.1 Å². The highest BCUT2D eigenvalue weighted by atomic mass is 31.2. The molecule has 0 spiro atoms. The van der Waals surface area contributed by atoms with Crippen LogP contribution < -0.4 is 25.4 Å². The molecule has 0 bridgehead atoms. The largest absolute Gasteiger partial charge is 0.497 e. The van der Waals surface area contributed by atoms with Crippen molar-refractivity contribution < 1.29 is 37.6 Å². The lowest BCUT2D eigenvalue weighted by Gasteiger charge is -2.40. The number of benzene rings is 3. The van der Waals surface area contributed by atoms with Crippen molar-refractivity contribution in [2.45, 2.75) is 109 Å². The Kier molecular flexibility index (Phi) is 15.2. The highest BCUT2D eigenvalue weighted by Gasteiger charge is 2.51. The van der Waals surface area contributed by atoms with Crippen molar-refractivity contribution in [1.29, 1.82) is 5.26 Å². The van der Waals surface area contributed by atoms with E-state index in [1.165, 1.54) is 0 Å². The number of nitriles is 1. The number of amides is 2. The van der Waals surface area contributed by atoms with E-state index in [2.05, 4.69) is 59.4 Å². The van der Waals surface area contributed by atoms with Crippen LogP contribution in [0, 0.1) is 17.2 Å². The lowest BCUT2D eigenvalue weighted by molar-refractivity contribution is -0.132. The summed E-state index contributed by atoms with van der Waals surface area (Å²) in [5.74, 6) is 0.587. The van der Waals surface area contributed by atoms with E-state index in [0.29, 0.717) is 17.9 Å². The monoisotopic (exact) mass is 843 g/mol. The van der Waals surface area contributed by atoms with Gasteiger partial charge < -0.3 is 43.5 Å². The molecule has 2 saturated heterocycles. The van der Waals surface area contributed by atoms with Crippen molar-refractivity contribution in [2.75, 3.05) is 27.4 Å². The summed E-state index contributed by atoms with van der Waals surface area (Å²) >= 11 is 0. The lowest BCUT2D eigenvalue weighted by atomic mass is 9.79. The van der Waals surface area contributed by atoms with Crippen LogP contribution in [0.15, 0.2) is 83.9 Å². The smallest absolute Gasteiger partial charge is 0.259 e. The minimum absolute atomic E-state index is 0.0868. The van der Waals surface area contributed by atoms with Crippen LogP contribution in [0.3, 0.4) is 0 Å². The van der Waals surface area contributed by atoms with E-state index in [9.17, 15) is 14.9 Å². The van der Waals surface area contributed by atoms with Gasteiger partial charge >= 0.3 is 0 Å². The molecule has 3 N–H and O–H groups in total. The SMILES string of the molecule is COc1ccc(C(O[C@H]2C[C@H](N3C=NC4C(=O)NC(NC(=O)C(C)C)NC43)O[C@@H]2COP(OCCC#N)N(C(C)C)C(C)C)(c2ccccc2)c2ccc(OC)cc2)cc1. The molecule has 16 heteroatoms. The Morgan fingerprint density at radius 2 is 1.55 bits per heavy atom. The molecule has 2 amide bonds. The van der Waals surface area contributed by atoms with Crippen molar-refractivity contribution in [3.8, 4) is 17.6 Å². The van der Waals surface area contributed by atoms with Crippen molar-refractivity contribution in [2.24, 2.45) is 10.9 Å². The topological polar surface area (TPSA) is 168 Å². The second-order valence-corrected chi connectivity index (χ2v) is 17.2. The van der Waals surface area contributed by atoms with E-state index in [0.717, 1.165) is 16.7 Å². The third-order valence-electron chi connectivity index (χ3n) is 10.7. The first-order valence-electron chi connectivity index (χ1n) is 20.5. The predicted molar refractivity (Wildman–Crippen MR) is 228 cm³/mol. The molecular formula is C44H58N7O8P. The van der Waals surface area contributed by atoms with Gasteiger partial charge in [0.2, 0.25) is 5.91 Å². The fraction of sp³-hybridized carbons (Fsp3) is 0.500. The van der Waals surface area contributed by atoms with Gasteiger partial charge in [-0.1, -0.05) is 68.4 Å². The molecule has 3 aliphatic rings. The molecule has 6 rings (SSSR count). The molecule has 0 radical (unpaired) electrons. The molecule has 15 nitrogen and oxygen atoms in total. The van der Waals surface area contributed by atoms with Crippen LogP contribution in [0.5, 0.6) is 11.5 Å². The van der Waals surface area contributed by atoms with E-state index >= 15 is 0 Å². The van der Waals surface area contributed by atoms with Gasteiger partial charge in [-0.2, -0.15) is 5.26 Å². The number of hydrogen-bond donors (Lipinski definition) is 3. The first-order valence-corrected chi connectivity index (χ1v) is 21.6. The molecule has 0 aromatic heterocycles. The van der Waals surface area contributed by atoms with Crippen LogP contribution in [0.25, 0.3) is 0 Å². The van der Waals surface area contributed by atoms with E-state index in [1.807, 2.05) is 83.8 Å². The maximum absolute atomic E-state index is 13.4. The zero-order valence-electron chi connectivity index (χ0n) is 35.6. The highest BCUT2D eigenvalue weighted by molar-refractivity contribution is 7.44. The van der Waals surface area contributed by atoms with Crippen LogP contribution in [0.4, 0.5) is 0 Å². The lowest BCUT2D eigenvalue weighted by Crippen LogP contribution is -2.71. The Balaban J connectivity index is 1.41. The minimum Gasteiger partial charge on any atom is -0.497 e. The Morgan fingerprint density at radius 3 is 2.10 bits per heavy atom. The number of methoxy groups -OCH3 is 2. The van der Waals surface area contributed by atoms with Gasteiger partial charge in [-0.05, 0) is 68.7 Å². The van der Waals surface area contributed by atoms with Crippen molar-refractivity contribution in [1.82, 2.24) is 25.5 Å². The summed E-state index contributed by atoms with van der Waals surface area (Å²) in [5, 5.41) is 18.4. The van der Waals surface area contributed by atoms with Gasteiger partial charge in [-0.25, -0.2) is 4.67 Å². The van der Waals surface area contributed by atoms with Gasteiger partial charge in [0.15, 0.2) is 12.3 Å². The normalized spacial score (nSPS) is 23.2. The summed E-state index contributed by atoms with van der Waals surface area (Å²) in [7, 11) is 1.65. The summed E-state index contributed by atoms with van der Waals surface area (Å²) in [6.45, 7) is 12.2. The Bertz CT molecular complexity index is 1890. The minimum atomic E-state index is -1.62. The molecule has 2 fully saturated rings. The standard InChI is InChI=1S/C44H58N7O8P/c1-28(2)41(52)48-43-47-40-39(42(53)49-43)46-27-50(40)38-25-36(37(58-38)26-57-60(56-24-12-23-45)51(29(3)4)30(5)6)59-44(31-13-10-9-11-14-31,32-15-19-34(54-7)20-16-32)33-17-21-35(55-8)22-18-33/h9-11,13-22,27-30,36-40,43,47H,12,24-26H2,1-8H3,(H,48,52)(H,49,53)/t36-,37+,38+,39?,40?,43?,60?/m0/s1. The van der Waals surface area contributed by atoms with Crippen molar-refractivity contribution in [3.05, 3.63) is 95.6 Å². The first kappa shape index (κ1) is 44.9. The van der Waals surface area contributed by atoms with Gasteiger partial charge in [0.25, 0.3) is 14.4 Å². The number of ether oxygens (including phenoxy) is 4. The van der Waals surface area contributed by atoms with E-state index in [4.69, 9.17) is 28.0 Å². The number of nitrogens with zero attached hydrogens (tertiary/aromatic N) is 4. The molecule has 60 heavy (non-hydrogen) atoms. The number of rotatable bonds is 19.